The van der Waals surface area contributed by atoms with Gasteiger partial charge < -0.3 is 5.32 Å². The molecule has 1 nitrogen and oxygen atoms in total. The molecule has 0 aromatic heterocycles. The van der Waals surface area contributed by atoms with Crippen molar-refractivity contribution in [1.29, 1.82) is 0 Å². The molecular formula is C30H41N. The molecule has 0 radical (unpaired) electrons. The Morgan fingerprint density at radius 1 is 1.19 bits per heavy atom. The topological polar surface area (TPSA) is 12.0 Å². The molecule has 166 valence electrons. The van der Waals surface area contributed by atoms with Gasteiger partial charge in [0.25, 0.3) is 0 Å². The Kier molecular flexibility index (Phi) is 9.00. The van der Waals surface area contributed by atoms with Crippen LogP contribution < -0.4 is 5.32 Å². The molecule has 2 unspecified atom stereocenters. The van der Waals surface area contributed by atoms with Gasteiger partial charge in [-0.25, -0.2) is 0 Å². The highest BCUT2D eigenvalue weighted by Crippen LogP contribution is 2.45. The van der Waals surface area contributed by atoms with Gasteiger partial charge in [0.2, 0.25) is 0 Å². The first kappa shape index (κ1) is 23.4. The van der Waals surface area contributed by atoms with Crippen LogP contribution in [0.2, 0.25) is 0 Å². The third kappa shape index (κ3) is 8.05. The van der Waals surface area contributed by atoms with E-state index in [-0.39, 0.29) is 0 Å². The van der Waals surface area contributed by atoms with Gasteiger partial charge in [0.1, 0.15) is 0 Å². The van der Waals surface area contributed by atoms with Crippen LogP contribution in [0.25, 0.3) is 0 Å². The van der Waals surface area contributed by atoms with E-state index in [0.29, 0.717) is 5.92 Å². The summed E-state index contributed by atoms with van der Waals surface area (Å²) in [5, 5.41) is 3.48. The molecule has 1 saturated carbocycles. The Labute approximate surface area is 190 Å². The fraction of sp³-hybridized carbons (Fsp3) is 0.467. The lowest BCUT2D eigenvalue weighted by Gasteiger charge is -2.20. The molecule has 0 saturated heterocycles. The fourth-order valence-electron chi connectivity index (χ4n) is 4.69. The quantitative estimate of drug-likeness (QED) is 0.424. The summed E-state index contributed by atoms with van der Waals surface area (Å²) < 4.78 is 0. The molecule has 3 rings (SSSR count). The summed E-state index contributed by atoms with van der Waals surface area (Å²) in [4.78, 5) is 0. The van der Waals surface area contributed by atoms with Crippen LogP contribution in [0.3, 0.4) is 0 Å². The fourth-order valence-corrected chi connectivity index (χ4v) is 4.69. The second-order valence-electron chi connectivity index (χ2n) is 9.73. The van der Waals surface area contributed by atoms with Crippen molar-refractivity contribution in [2.75, 3.05) is 6.54 Å². The molecule has 1 heterocycles. The second-order valence-corrected chi connectivity index (χ2v) is 9.73. The summed E-state index contributed by atoms with van der Waals surface area (Å²) in [7, 11) is 0. The van der Waals surface area contributed by atoms with Crippen LogP contribution >= 0.6 is 0 Å². The predicted octanol–water partition coefficient (Wildman–Crippen LogP) is 8.04. The summed E-state index contributed by atoms with van der Waals surface area (Å²) in [5.74, 6) is 2.28. The molecular weight excluding hydrogens is 374 g/mol. The molecule has 1 fully saturated rings. The van der Waals surface area contributed by atoms with E-state index in [2.05, 4.69) is 81.0 Å². The number of hydrogen-bond donors (Lipinski definition) is 1. The van der Waals surface area contributed by atoms with E-state index >= 15 is 0 Å². The molecule has 2 atom stereocenters. The molecule has 0 spiro atoms. The van der Waals surface area contributed by atoms with Gasteiger partial charge in [-0.05, 0) is 118 Å². The average Bonchev–Trinajstić information content (AvgIpc) is 3.59. The summed E-state index contributed by atoms with van der Waals surface area (Å²) >= 11 is 0. The highest BCUT2D eigenvalue weighted by molar-refractivity contribution is 5.30. The standard InChI is InChI=1S/C30H41N/c1-5-25-10-9-24(4)17-19-31-20-18-26(12-11-25)13-14-27-7-6-8-29(22-27)30(21-23(2)3)28-15-16-28/h5-10,17,19,22,26,28,30-31H,1-2,11-16,18,20-21H2,3-4H3/b19-17+,24-9-,25-10-. The number of nitrogens with one attached hydrogen (secondary N) is 1. The number of hydrogen-bond acceptors (Lipinski definition) is 1. The van der Waals surface area contributed by atoms with Gasteiger partial charge in [0.15, 0.2) is 0 Å². The first-order valence-corrected chi connectivity index (χ1v) is 12.2. The van der Waals surface area contributed by atoms with E-state index in [0.717, 1.165) is 31.2 Å². The maximum absolute atomic E-state index is 4.19. The van der Waals surface area contributed by atoms with Crippen molar-refractivity contribution in [2.45, 2.75) is 71.1 Å². The van der Waals surface area contributed by atoms with Crippen LogP contribution in [-0.4, -0.2) is 6.54 Å². The van der Waals surface area contributed by atoms with Crippen molar-refractivity contribution in [3.8, 4) is 0 Å². The van der Waals surface area contributed by atoms with Crippen molar-refractivity contribution in [1.82, 2.24) is 5.32 Å². The average molecular weight is 416 g/mol. The van der Waals surface area contributed by atoms with E-state index in [1.807, 2.05) is 6.08 Å². The molecule has 1 aromatic carbocycles. The lowest BCUT2D eigenvalue weighted by atomic mass is 9.86. The summed E-state index contributed by atoms with van der Waals surface area (Å²) in [6.07, 6.45) is 20.6. The van der Waals surface area contributed by atoms with Gasteiger partial charge in [-0.1, -0.05) is 54.6 Å². The molecule has 2 aliphatic rings. The van der Waals surface area contributed by atoms with E-state index in [9.17, 15) is 0 Å². The minimum absolute atomic E-state index is 0.673. The Bertz CT molecular complexity index is 834. The van der Waals surface area contributed by atoms with E-state index in [1.165, 1.54) is 66.4 Å². The van der Waals surface area contributed by atoms with Gasteiger partial charge in [0.05, 0.1) is 0 Å². The molecule has 1 aromatic rings. The van der Waals surface area contributed by atoms with Crippen LogP contribution in [0.15, 0.2) is 84.6 Å². The van der Waals surface area contributed by atoms with E-state index in [4.69, 9.17) is 0 Å². The Balaban J connectivity index is 1.63. The zero-order chi connectivity index (χ0) is 22.1. The van der Waals surface area contributed by atoms with Crippen LogP contribution in [0, 0.1) is 11.8 Å². The van der Waals surface area contributed by atoms with Crippen molar-refractivity contribution >= 4 is 0 Å². The molecule has 1 aliphatic heterocycles. The van der Waals surface area contributed by atoms with Crippen LogP contribution in [0.1, 0.15) is 75.8 Å². The maximum atomic E-state index is 4.19. The lowest BCUT2D eigenvalue weighted by Crippen LogP contribution is -2.14. The Morgan fingerprint density at radius 2 is 2.03 bits per heavy atom. The zero-order valence-corrected chi connectivity index (χ0v) is 19.7. The van der Waals surface area contributed by atoms with Crippen LogP contribution in [-0.2, 0) is 6.42 Å². The molecule has 1 heteroatoms. The van der Waals surface area contributed by atoms with Gasteiger partial charge in [-0.2, -0.15) is 0 Å². The van der Waals surface area contributed by atoms with E-state index in [1.54, 1.807) is 0 Å². The number of rotatable bonds is 8. The molecule has 0 amide bonds. The summed E-state index contributed by atoms with van der Waals surface area (Å²) in [5.41, 5.74) is 6.96. The Morgan fingerprint density at radius 3 is 2.77 bits per heavy atom. The molecule has 31 heavy (non-hydrogen) atoms. The third-order valence-corrected chi connectivity index (χ3v) is 6.80. The molecule has 1 N–H and O–H groups in total. The minimum atomic E-state index is 0.673. The monoisotopic (exact) mass is 415 g/mol. The third-order valence-electron chi connectivity index (χ3n) is 6.80. The van der Waals surface area contributed by atoms with Crippen LogP contribution in [0.4, 0.5) is 0 Å². The van der Waals surface area contributed by atoms with E-state index < -0.39 is 0 Å². The molecule has 1 aliphatic carbocycles. The first-order chi connectivity index (χ1) is 15.0. The molecule has 0 bridgehead atoms. The Hall–Kier alpha value is -2.28. The van der Waals surface area contributed by atoms with Crippen molar-refractivity contribution in [3.63, 3.8) is 0 Å². The van der Waals surface area contributed by atoms with Crippen molar-refractivity contribution in [3.05, 3.63) is 95.8 Å². The largest absolute Gasteiger partial charge is 0.391 e. The van der Waals surface area contributed by atoms with Gasteiger partial charge in [0, 0.05) is 6.54 Å². The van der Waals surface area contributed by atoms with Gasteiger partial charge >= 0.3 is 0 Å². The zero-order valence-electron chi connectivity index (χ0n) is 19.7. The smallest absolute Gasteiger partial charge is 0.0144 e. The predicted molar refractivity (Wildman–Crippen MR) is 136 cm³/mol. The lowest BCUT2D eigenvalue weighted by molar-refractivity contribution is 0.417. The number of benzene rings is 1. The number of aryl methyl sites for hydroxylation is 1. The highest BCUT2D eigenvalue weighted by Gasteiger charge is 2.32. The van der Waals surface area contributed by atoms with Gasteiger partial charge in [-0.15, -0.1) is 6.58 Å². The maximum Gasteiger partial charge on any atom is 0.0144 e. The summed E-state index contributed by atoms with van der Waals surface area (Å²) in [6.45, 7) is 13.6. The van der Waals surface area contributed by atoms with Crippen molar-refractivity contribution < 1.29 is 0 Å². The SMILES string of the molecule is C=C/C1=C/C=C(C)\C=C\NCCC(CCc2cccc(C(CC(=C)C)C3CC3)c2)CC1. The normalized spacial score (nSPS) is 25.4. The van der Waals surface area contributed by atoms with Crippen LogP contribution in [0.5, 0.6) is 0 Å². The summed E-state index contributed by atoms with van der Waals surface area (Å²) in [6, 6.07) is 9.44. The minimum Gasteiger partial charge on any atom is -0.391 e. The van der Waals surface area contributed by atoms with Gasteiger partial charge in [-0.3, -0.25) is 0 Å². The second kappa shape index (κ2) is 11.9. The highest BCUT2D eigenvalue weighted by atomic mass is 14.8. The first-order valence-electron chi connectivity index (χ1n) is 12.2. The number of allylic oxidation sites excluding steroid dienone is 7. The van der Waals surface area contributed by atoms with Crippen molar-refractivity contribution in [2.24, 2.45) is 11.8 Å².